The van der Waals surface area contributed by atoms with Crippen LogP contribution in [0, 0.1) is 0 Å². The summed E-state index contributed by atoms with van der Waals surface area (Å²) in [6.45, 7) is 7.04. The van der Waals surface area contributed by atoms with Gasteiger partial charge < -0.3 is 25.0 Å². The molecule has 154 valence electrons. The molecule has 0 unspecified atom stereocenters. The molecule has 0 saturated carbocycles. The molecule has 2 fully saturated rings. The molecule has 1 aromatic heterocycles. The lowest BCUT2D eigenvalue weighted by Gasteiger charge is -2.36. The minimum atomic E-state index is 0.317. The summed E-state index contributed by atoms with van der Waals surface area (Å²) in [6.07, 6.45) is 5.36. The highest BCUT2D eigenvalue weighted by Gasteiger charge is 2.24. The number of piperidine rings is 1. The number of fused-ring (bicyclic) bond motifs is 1. The van der Waals surface area contributed by atoms with Crippen molar-refractivity contribution in [3.05, 3.63) is 30.1 Å². The minimum absolute atomic E-state index is 0.317. The fourth-order valence-corrected chi connectivity index (χ4v) is 4.40. The zero-order valence-corrected chi connectivity index (χ0v) is 16.7. The highest BCUT2D eigenvalue weighted by molar-refractivity contribution is 5.75. The summed E-state index contributed by atoms with van der Waals surface area (Å²) >= 11 is 0. The molecule has 2 saturated heterocycles. The monoisotopic (exact) mass is 396 g/mol. The van der Waals surface area contributed by atoms with E-state index in [0.717, 1.165) is 74.6 Å². The fourth-order valence-electron chi connectivity index (χ4n) is 4.40. The average molecular weight is 396 g/mol. The summed E-state index contributed by atoms with van der Waals surface area (Å²) in [5.74, 6) is 3.46. The first kappa shape index (κ1) is 18.3. The maximum absolute atomic E-state index is 6.51. The first-order valence-corrected chi connectivity index (χ1v) is 10.5. The first-order valence-electron chi connectivity index (χ1n) is 10.5. The second kappa shape index (κ2) is 7.94. The van der Waals surface area contributed by atoms with Gasteiger partial charge in [-0.2, -0.15) is 0 Å². The van der Waals surface area contributed by atoms with Crippen LogP contribution in [-0.4, -0.2) is 60.9 Å². The molecule has 3 aliphatic heterocycles. The summed E-state index contributed by atoms with van der Waals surface area (Å²) in [4.78, 5) is 16.1. The van der Waals surface area contributed by atoms with E-state index in [1.165, 1.54) is 24.8 Å². The Morgan fingerprint density at radius 3 is 2.28 bits per heavy atom. The van der Waals surface area contributed by atoms with Gasteiger partial charge in [0.2, 0.25) is 6.79 Å². The molecule has 3 aliphatic rings. The minimum Gasteiger partial charge on any atom is -0.454 e. The van der Waals surface area contributed by atoms with Gasteiger partial charge >= 0.3 is 0 Å². The quantitative estimate of drug-likeness (QED) is 0.842. The second-order valence-corrected chi connectivity index (χ2v) is 7.93. The summed E-state index contributed by atoms with van der Waals surface area (Å²) in [5.41, 5.74) is 8.48. The van der Waals surface area contributed by atoms with Crippen molar-refractivity contribution in [1.29, 1.82) is 0 Å². The molecule has 1 aromatic carbocycles. The van der Waals surface area contributed by atoms with Crippen LogP contribution in [0.2, 0.25) is 0 Å². The molecule has 0 radical (unpaired) electrons. The smallest absolute Gasteiger partial charge is 0.231 e. The van der Waals surface area contributed by atoms with Gasteiger partial charge in [-0.05, 0) is 37.0 Å². The number of aromatic nitrogens is 2. The van der Waals surface area contributed by atoms with Gasteiger partial charge in [0.1, 0.15) is 12.0 Å². The van der Waals surface area contributed by atoms with Crippen molar-refractivity contribution in [3.8, 4) is 11.5 Å². The van der Waals surface area contributed by atoms with E-state index < -0.39 is 0 Å². The van der Waals surface area contributed by atoms with Crippen LogP contribution in [0.4, 0.5) is 17.3 Å². The van der Waals surface area contributed by atoms with Crippen LogP contribution < -0.4 is 25.0 Å². The number of nitrogen functional groups attached to an aromatic ring is 1. The Morgan fingerprint density at radius 1 is 0.828 bits per heavy atom. The van der Waals surface area contributed by atoms with E-state index >= 15 is 0 Å². The van der Waals surface area contributed by atoms with Crippen LogP contribution >= 0.6 is 0 Å². The molecule has 0 spiro atoms. The van der Waals surface area contributed by atoms with E-state index in [-0.39, 0.29) is 0 Å². The van der Waals surface area contributed by atoms with Gasteiger partial charge in [-0.3, -0.25) is 4.90 Å². The van der Waals surface area contributed by atoms with Gasteiger partial charge in [0.05, 0.1) is 0 Å². The van der Waals surface area contributed by atoms with E-state index in [1.807, 2.05) is 6.07 Å². The van der Waals surface area contributed by atoms with Crippen LogP contribution in [0.5, 0.6) is 11.5 Å². The first-order chi connectivity index (χ1) is 14.3. The van der Waals surface area contributed by atoms with Gasteiger partial charge in [0, 0.05) is 45.8 Å². The van der Waals surface area contributed by atoms with Crippen LogP contribution in [0.1, 0.15) is 24.8 Å². The summed E-state index contributed by atoms with van der Waals surface area (Å²) < 4.78 is 10.9. The maximum atomic E-state index is 6.51. The van der Waals surface area contributed by atoms with Crippen molar-refractivity contribution in [2.45, 2.75) is 25.8 Å². The molecule has 5 rings (SSSR count). The molecular weight excluding hydrogens is 368 g/mol. The number of ether oxygens (including phenoxy) is 2. The summed E-state index contributed by atoms with van der Waals surface area (Å²) in [6, 6.07) is 6.20. The Bertz CT molecular complexity index is 862. The standard InChI is InChI=1S/C21H28N6O2/c22-19-20(26-6-2-1-3-7-26)23-14-24-21(19)27-10-8-25(9-11-27)13-16-4-5-17-18(12-16)29-15-28-17/h4-5,12,14H,1-3,6-11,13,15,22H2. The molecule has 8 nitrogen and oxygen atoms in total. The van der Waals surface area contributed by atoms with Crippen molar-refractivity contribution in [1.82, 2.24) is 14.9 Å². The van der Waals surface area contributed by atoms with E-state index in [9.17, 15) is 0 Å². The van der Waals surface area contributed by atoms with Gasteiger partial charge in [-0.25, -0.2) is 9.97 Å². The third-order valence-electron chi connectivity index (χ3n) is 6.01. The lowest BCUT2D eigenvalue weighted by atomic mass is 10.1. The van der Waals surface area contributed by atoms with Crippen LogP contribution in [0.15, 0.2) is 24.5 Å². The Hall–Kier alpha value is -2.74. The fraction of sp³-hybridized carbons (Fsp3) is 0.524. The molecule has 2 aromatic rings. The molecule has 0 amide bonds. The van der Waals surface area contributed by atoms with Crippen molar-refractivity contribution >= 4 is 17.3 Å². The molecule has 29 heavy (non-hydrogen) atoms. The molecule has 0 aliphatic carbocycles. The second-order valence-electron chi connectivity index (χ2n) is 7.93. The molecule has 0 bridgehead atoms. The van der Waals surface area contributed by atoms with E-state index in [2.05, 4.69) is 36.8 Å². The Balaban J connectivity index is 1.23. The van der Waals surface area contributed by atoms with Crippen LogP contribution in [-0.2, 0) is 6.54 Å². The zero-order valence-electron chi connectivity index (χ0n) is 16.7. The number of piperazine rings is 1. The lowest BCUT2D eigenvalue weighted by Crippen LogP contribution is -2.46. The number of nitrogens with zero attached hydrogens (tertiary/aromatic N) is 5. The molecule has 0 atom stereocenters. The highest BCUT2D eigenvalue weighted by atomic mass is 16.7. The van der Waals surface area contributed by atoms with Gasteiger partial charge in [-0.1, -0.05) is 6.07 Å². The lowest BCUT2D eigenvalue weighted by molar-refractivity contribution is 0.174. The third-order valence-corrected chi connectivity index (χ3v) is 6.01. The van der Waals surface area contributed by atoms with Crippen molar-refractivity contribution in [3.63, 3.8) is 0 Å². The normalized spacial score (nSPS) is 19.6. The molecule has 8 heteroatoms. The maximum Gasteiger partial charge on any atom is 0.231 e. The number of benzene rings is 1. The Morgan fingerprint density at radius 2 is 1.52 bits per heavy atom. The largest absolute Gasteiger partial charge is 0.454 e. The predicted molar refractivity (Wildman–Crippen MR) is 113 cm³/mol. The summed E-state index contributed by atoms with van der Waals surface area (Å²) in [7, 11) is 0. The third kappa shape index (κ3) is 3.76. The van der Waals surface area contributed by atoms with Crippen LogP contribution in [0.3, 0.4) is 0 Å². The highest BCUT2D eigenvalue weighted by Crippen LogP contribution is 2.33. The number of nitrogens with two attached hydrogens (primary N) is 1. The summed E-state index contributed by atoms with van der Waals surface area (Å²) in [5, 5.41) is 0. The number of anilines is 3. The Kier molecular flexibility index (Phi) is 5.01. The predicted octanol–water partition coefficient (Wildman–Crippen LogP) is 2.10. The van der Waals surface area contributed by atoms with Crippen molar-refractivity contribution in [2.75, 3.05) is 61.6 Å². The molecule has 4 heterocycles. The topological polar surface area (TPSA) is 80.0 Å². The van der Waals surface area contributed by atoms with Gasteiger partial charge in [-0.15, -0.1) is 0 Å². The zero-order chi connectivity index (χ0) is 19.6. The van der Waals surface area contributed by atoms with Crippen molar-refractivity contribution < 1.29 is 9.47 Å². The SMILES string of the molecule is Nc1c(N2CCCCC2)ncnc1N1CCN(Cc2ccc3c(c2)OCO3)CC1. The van der Waals surface area contributed by atoms with E-state index in [1.54, 1.807) is 6.33 Å². The van der Waals surface area contributed by atoms with E-state index in [4.69, 9.17) is 15.2 Å². The van der Waals surface area contributed by atoms with E-state index in [0.29, 0.717) is 6.79 Å². The molecule has 2 N–H and O–H groups in total. The van der Waals surface area contributed by atoms with Gasteiger partial charge in [0.15, 0.2) is 23.1 Å². The van der Waals surface area contributed by atoms with Crippen molar-refractivity contribution in [2.24, 2.45) is 0 Å². The average Bonchev–Trinajstić information content (AvgIpc) is 3.23. The number of rotatable bonds is 4. The van der Waals surface area contributed by atoms with Crippen LogP contribution in [0.25, 0.3) is 0 Å². The molecular formula is C21H28N6O2. The number of hydrogen-bond acceptors (Lipinski definition) is 8. The van der Waals surface area contributed by atoms with Gasteiger partial charge in [0.25, 0.3) is 0 Å². The Labute approximate surface area is 171 Å². The number of hydrogen-bond donors (Lipinski definition) is 1.